The van der Waals surface area contributed by atoms with Crippen molar-refractivity contribution in [1.82, 2.24) is 9.80 Å². The summed E-state index contributed by atoms with van der Waals surface area (Å²) < 4.78 is 36.4. The molecule has 1 aliphatic rings. The molecule has 0 aromatic rings. The van der Waals surface area contributed by atoms with E-state index in [4.69, 9.17) is 0 Å². The van der Waals surface area contributed by atoms with Gasteiger partial charge < -0.3 is 4.90 Å². The van der Waals surface area contributed by atoms with Gasteiger partial charge in [0.05, 0.1) is 0 Å². The van der Waals surface area contributed by atoms with Gasteiger partial charge >= 0.3 is 6.18 Å². The van der Waals surface area contributed by atoms with E-state index in [-0.39, 0.29) is 6.54 Å². The van der Waals surface area contributed by atoms with Crippen LogP contribution in [0.15, 0.2) is 0 Å². The smallest absolute Gasteiger partial charge is 0.303 e. The van der Waals surface area contributed by atoms with E-state index in [1.165, 1.54) is 4.90 Å². The van der Waals surface area contributed by atoms with Crippen LogP contribution < -0.4 is 0 Å². The Bertz CT molecular complexity index is 177. The molecule has 1 aliphatic heterocycles. The van der Waals surface area contributed by atoms with E-state index >= 15 is 0 Å². The quantitative estimate of drug-likeness (QED) is 0.635. The van der Waals surface area contributed by atoms with E-state index < -0.39 is 12.2 Å². The Hall–Kier alpha value is -0.290. The molecule has 0 aromatic heterocycles. The molecule has 1 saturated heterocycles. The van der Waals surface area contributed by atoms with Crippen LogP contribution in [0.25, 0.3) is 0 Å². The minimum Gasteiger partial charge on any atom is -0.303 e. The van der Waals surface area contributed by atoms with Gasteiger partial charge in [-0.05, 0) is 13.1 Å². The maximum absolute atomic E-state index is 12.1. The SMILES string of the molecule is CCN(CC)CCN1CC1C(F)(F)F. The van der Waals surface area contributed by atoms with Gasteiger partial charge in [-0.25, -0.2) is 0 Å². The van der Waals surface area contributed by atoms with E-state index in [0.29, 0.717) is 6.54 Å². The van der Waals surface area contributed by atoms with Gasteiger partial charge in [0, 0.05) is 19.6 Å². The van der Waals surface area contributed by atoms with Crippen LogP contribution in [0.5, 0.6) is 0 Å². The summed E-state index contributed by atoms with van der Waals surface area (Å²) in [5, 5.41) is 0. The first-order valence-electron chi connectivity index (χ1n) is 5.02. The molecule has 0 aliphatic carbocycles. The Balaban J connectivity index is 2.17. The maximum Gasteiger partial charge on any atom is 0.405 e. The molecule has 1 rings (SSSR count). The third-order valence-electron chi connectivity index (χ3n) is 2.69. The number of alkyl halides is 3. The first-order chi connectivity index (χ1) is 6.49. The van der Waals surface area contributed by atoms with Crippen LogP contribution in [0.4, 0.5) is 13.2 Å². The van der Waals surface area contributed by atoms with Crippen molar-refractivity contribution in [2.75, 3.05) is 32.7 Å². The van der Waals surface area contributed by atoms with E-state index in [9.17, 15) is 13.2 Å². The van der Waals surface area contributed by atoms with Crippen molar-refractivity contribution in [2.45, 2.75) is 26.1 Å². The summed E-state index contributed by atoms with van der Waals surface area (Å²) in [5.74, 6) is 0. The molecule has 0 amide bonds. The first-order valence-corrected chi connectivity index (χ1v) is 5.02. The molecular formula is C9H17F3N2. The molecule has 0 aromatic carbocycles. The fourth-order valence-electron chi connectivity index (χ4n) is 1.54. The van der Waals surface area contributed by atoms with Crippen molar-refractivity contribution >= 4 is 0 Å². The lowest BCUT2D eigenvalue weighted by atomic mass is 10.4. The van der Waals surface area contributed by atoms with Crippen molar-refractivity contribution in [3.8, 4) is 0 Å². The average molecular weight is 210 g/mol. The highest BCUT2D eigenvalue weighted by Crippen LogP contribution is 2.34. The van der Waals surface area contributed by atoms with Crippen LogP contribution in [0.3, 0.4) is 0 Å². The molecule has 0 N–H and O–H groups in total. The summed E-state index contributed by atoms with van der Waals surface area (Å²) >= 11 is 0. The molecule has 1 fully saturated rings. The van der Waals surface area contributed by atoms with Gasteiger partial charge in [-0.2, -0.15) is 13.2 Å². The summed E-state index contributed by atoms with van der Waals surface area (Å²) in [5.41, 5.74) is 0. The Morgan fingerprint density at radius 2 is 1.86 bits per heavy atom. The second-order valence-corrected chi connectivity index (χ2v) is 3.58. The van der Waals surface area contributed by atoms with Crippen LogP contribution in [0.2, 0.25) is 0 Å². The molecule has 1 heterocycles. The molecule has 2 atom stereocenters. The van der Waals surface area contributed by atoms with Crippen LogP contribution in [-0.2, 0) is 0 Å². The van der Waals surface area contributed by atoms with Crippen LogP contribution >= 0.6 is 0 Å². The highest BCUT2D eigenvalue weighted by atomic mass is 19.4. The van der Waals surface area contributed by atoms with Gasteiger partial charge in [-0.3, -0.25) is 4.90 Å². The third kappa shape index (κ3) is 3.13. The lowest BCUT2D eigenvalue weighted by molar-refractivity contribution is -0.136. The highest BCUT2D eigenvalue weighted by Gasteiger charge is 2.53. The number of likely N-dealkylation sites (N-methyl/N-ethyl adjacent to an activating group) is 1. The van der Waals surface area contributed by atoms with Gasteiger partial charge in [0.25, 0.3) is 0 Å². The summed E-state index contributed by atoms with van der Waals surface area (Å²) in [7, 11) is 0. The minimum absolute atomic E-state index is 0.185. The molecule has 84 valence electrons. The zero-order chi connectivity index (χ0) is 10.8. The van der Waals surface area contributed by atoms with Gasteiger partial charge in [-0.15, -0.1) is 0 Å². The Kier molecular flexibility index (Phi) is 3.78. The monoisotopic (exact) mass is 210 g/mol. The summed E-state index contributed by atoms with van der Waals surface area (Å²) in [6.45, 7) is 7.30. The maximum atomic E-state index is 12.1. The number of hydrogen-bond acceptors (Lipinski definition) is 2. The number of halogens is 3. The zero-order valence-corrected chi connectivity index (χ0v) is 8.64. The fraction of sp³-hybridized carbons (Fsp3) is 1.00. The molecule has 0 bridgehead atoms. The second kappa shape index (κ2) is 4.49. The van der Waals surface area contributed by atoms with Crippen LogP contribution in [0, 0.1) is 0 Å². The molecule has 2 unspecified atom stereocenters. The van der Waals surface area contributed by atoms with Gasteiger partial charge in [-0.1, -0.05) is 13.8 Å². The lowest BCUT2D eigenvalue weighted by Gasteiger charge is -2.18. The summed E-state index contributed by atoms with van der Waals surface area (Å²) in [6, 6.07) is -1.17. The number of rotatable bonds is 5. The standard InChI is InChI=1S/C9H17F3N2/c1-3-13(4-2)5-6-14-7-8(14)9(10,11)12/h8H,3-7H2,1-2H3. The van der Waals surface area contributed by atoms with Crippen molar-refractivity contribution in [3.63, 3.8) is 0 Å². The largest absolute Gasteiger partial charge is 0.405 e. The third-order valence-corrected chi connectivity index (χ3v) is 2.69. The number of nitrogens with zero attached hydrogens (tertiary/aromatic N) is 2. The van der Waals surface area contributed by atoms with Crippen LogP contribution in [0.1, 0.15) is 13.8 Å². The second-order valence-electron chi connectivity index (χ2n) is 3.58. The van der Waals surface area contributed by atoms with E-state index in [0.717, 1.165) is 19.6 Å². The molecule has 0 radical (unpaired) electrons. The fourth-order valence-corrected chi connectivity index (χ4v) is 1.54. The summed E-state index contributed by atoms with van der Waals surface area (Å²) in [6.07, 6.45) is -4.02. The lowest BCUT2D eigenvalue weighted by Crippen LogP contribution is -2.30. The topological polar surface area (TPSA) is 6.25 Å². The molecule has 2 nitrogen and oxygen atoms in total. The van der Waals surface area contributed by atoms with Gasteiger partial charge in [0.1, 0.15) is 6.04 Å². The summed E-state index contributed by atoms with van der Waals surface area (Å²) in [4.78, 5) is 3.60. The van der Waals surface area contributed by atoms with E-state index in [2.05, 4.69) is 4.90 Å². The molecular weight excluding hydrogens is 193 g/mol. The Morgan fingerprint density at radius 1 is 1.29 bits per heavy atom. The van der Waals surface area contributed by atoms with Gasteiger partial charge in [0.15, 0.2) is 0 Å². The minimum atomic E-state index is -4.02. The van der Waals surface area contributed by atoms with Crippen molar-refractivity contribution < 1.29 is 13.2 Å². The van der Waals surface area contributed by atoms with E-state index in [1.54, 1.807) is 0 Å². The van der Waals surface area contributed by atoms with Gasteiger partial charge in [0.2, 0.25) is 0 Å². The molecule has 5 heteroatoms. The van der Waals surface area contributed by atoms with Crippen molar-refractivity contribution in [2.24, 2.45) is 0 Å². The van der Waals surface area contributed by atoms with Crippen molar-refractivity contribution in [1.29, 1.82) is 0 Å². The first kappa shape index (κ1) is 11.8. The molecule has 0 saturated carbocycles. The van der Waals surface area contributed by atoms with E-state index in [1.807, 2.05) is 13.8 Å². The normalized spacial score (nSPS) is 27.0. The highest BCUT2D eigenvalue weighted by molar-refractivity contribution is 4.95. The molecule has 0 spiro atoms. The zero-order valence-electron chi connectivity index (χ0n) is 8.64. The number of hydrogen-bond donors (Lipinski definition) is 0. The average Bonchev–Trinajstić information content (AvgIpc) is 2.84. The van der Waals surface area contributed by atoms with Crippen LogP contribution in [-0.4, -0.2) is 54.7 Å². The predicted molar refractivity (Wildman–Crippen MR) is 49.2 cm³/mol. The van der Waals surface area contributed by atoms with Crippen molar-refractivity contribution in [3.05, 3.63) is 0 Å². The Morgan fingerprint density at radius 3 is 2.21 bits per heavy atom. The Labute approximate surface area is 82.7 Å². The molecule has 14 heavy (non-hydrogen) atoms. The predicted octanol–water partition coefficient (Wildman–Crippen LogP) is 1.57.